The molecular formula is C14H16N2O. The highest BCUT2D eigenvalue weighted by Gasteiger charge is 2.22. The van der Waals surface area contributed by atoms with Crippen molar-refractivity contribution in [1.29, 1.82) is 0 Å². The molecule has 0 unspecified atom stereocenters. The van der Waals surface area contributed by atoms with E-state index in [9.17, 15) is 5.11 Å². The molecule has 0 aliphatic heterocycles. The first-order valence-electron chi connectivity index (χ1n) is 6.07. The zero-order valence-electron chi connectivity index (χ0n) is 9.93. The molecule has 17 heavy (non-hydrogen) atoms. The van der Waals surface area contributed by atoms with Crippen LogP contribution >= 0.6 is 0 Å². The number of pyridine rings is 1. The van der Waals surface area contributed by atoms with Crippen LogP contribution in [0.2, 0.25) is 0 Å². The Labute approximate surface area is 101 Å². The Morgan fingerprint density at radius 1 is 1.24 bits per heavy atom. The summed E-state index contributed by atoms with van der Waals surface area (Å²) in [5.41, 5.74) is 0.855. The van der Waals surface area contributed by atoms with E-state index in [4.69, 9.17) is 0 Å². The summed E-state index contributed by atoms with van der Waals surface area (Å²) >= 11 is 0. The summed E-state index contributed by atoms with van der Waals surface area (Å²) in [7, 11) is 2.10. The van der Waals surface area contributed by atoms with Crippen LogP contribution in [0.3, 0.4) is 0 Å². The lowest BCUT2D eigenvalue weighted by Gasteiger charge is -2.35. The average Bonchev–Trinajstić information content (AvgIpc) is 2.25. The van der Waals surface area contributed by atoms with Crippen LogP contribution in [0.15, 0.2) is 30.3 Å². The standard InChI is InChI=1S/C14H16N2O/c1-16(11-3-2-4-11)14-8-6-10-5-7-12(17)9-13(10)15-14/h5-9,11,17H,2-4H2,1H3. The fourth-order valence-corrected chi connectivity index (χ4v) is 2.25. The maximum atomic E-state index is 9.47. The van der Waals surface area contributed by atoms with Gasteiger partial charge in [-0.25, -0.2) is 4.98 Å². The number of nitrogens with zero attached hydrogens (tertiary/aromatic N) is 2. The second kappa shape index (κ2) is 3.91. The molecule has 1 aromatic carbocycles. The van der Waals surface area contributed by atoms with Crippen molar-refractivity contribution in [3.63, 3.8) is 0 Å². The van der Waals surface area contributed by atoms with Gasteiger partial charge in [0, 0.05) is 24.5 Å². The van der Waals surface area contributed by atoms with Gasteiger partial charge in [-0.05, 0) is 43.5 Å². The molecule has 1 saturated carbocycles. The van der Waals surface area contributed by atoms with Gasteiger partial charge < -0.3 is 10.0 Å². The third-order valence-corrected chi connectivity index (χ3v) is 3.64. The number of aromatic nitrogens is 1. The molecule has 1 aromatic heterocycles. The van der Waals surface area contributed by atoms with Gasteiger partial charge in [0.05, 0.1) is 5.52 Å². The van der Waals surface area contributed by atoms with Crippen molar-refractivity contribution >= 4 is 16.7 Å². The van der Waals surface area contributed by atoms with Crippen molar-refractivity contribution in [1.82, 2.24) is 4.98 Å². The van der Waals surface area contributed by atoms with Crippen molar-refractivity contribution < 1.29 is 5.11 Å². The third kappa shape index (κ3) is 1.82. The van der Waals surface area contributed by atoms with E-state index in [1.807, 2.05) is 6.07 Å². The van der Waals surface area contributed by atoms with Gasteiger partial charge in [0.2, 0.25) is 0 Å². The number of fused-ring (bicyclic) bond motifs is 1. The van der Waals surface area contributed by atoms with Gasteiger partial charge in [0.15, 0.2) is 0 Å². The van der Waals surface area contributed by atoms with Crippen LogP contribution in [-0.2, 0) is 0 Å². The van der Waals surface area contributed by atoms with Crippen LogP contribution in [0, 0.1) is 0 Å². The van der Waals surface area contributed by atoms with Crippen molar-refractivity contribution in [3.05, 3.63) is 30.3 Å². The predicted octanol–water partition coefficient (Wildman–Crippen LogP) is 2.93. The first-order chi connectivity index (χ1) is 8.24. The second-order valence-corrected chi connectivity index (χ2v) is 4.74. The summed E-state index contributed by atoms with van der Waals surface area (Å²) in [6.45, 7) is 0. The summed E-state index contributed by atoms with van der Waals surface area (Å²) in [6, 6.07) is 10.1. The molecule has 3 rings (SSSR count). The molecule has 1 N–H and O–H groups in total. The minimum atomic E-state index is 0.272. The maximum absolute atomic E-state index is 9.47. The number of hydrogen-bond donors (Lipinski definition) is 1. The molecule has 2 aromatic rings. The van der Waals surface area contributed by atoms with E-state index in [0.717, 1.165) is 16.7 Å². The van der Waals surface area contributed by atoms with E-state index in [0.29, 0.717) is 6.04 Å². The smallest absolute Gasteiger partial charge is 0.129 e. The Hall–Kier alpha value is -1.77. The van der Waals surface area contributed by atoms with E-state index in [1.165, 1.54) is 19.3 Å². The van der Waals surface area contributed by atoms with Gasteiger partial charge >= 0.3 is 0 Å². The molecule has 88 valence electrons. The van der Waals surface area contributed by atoms with Gasteiger partial charge in [0.25, 0.3) is 0 Å². The van der Waals surface area contributed by atoms with Crippen LogP contribution in [-0.4, -0.2) is 23.2 Å². The fraction of sp³-hybridized carbons (Fsp3) is 0.357. The van der Waals surface area contributed by atoms with E-state index in [1.54, 1.807) is 12.1 Å². The Balaban J connectivity index is 1.99. The number of phenolic OH excluding ortho intramolecular Hbond substituents is 1. The molecule has 3 nitrogen and oxygen atoms in total. The minimum Gasteiger partial charge on any atom is -0.508 e. The zero-order valence-corrected chi connectivity index (χ0v) is 9.93. The number of anilines is 1. The highest BCUT2D eigenvalue weighted by Crippen LogP contribution is 2.28. The Morgan fingerprint density at radius 3 is 2.71 bits per heavy atom. The van der Waals surface area contributed by atoms with Crippen LogP contribution in [0.5, 0.6) is 5.75 Å². The summed E-state index contributed by atoms with van der Waals surface area (Å²) in [5, 5.41) is 10.5. The number of phenols is 1. The molecule has 0 bridgehead atoms. The van der Waals surface area contributed by atoms with Crippen molar-refractivity contribution in [2.45, 2.75) is 25.3 Å². The number of aromatic hydroxyl groups is 1. The van der Waals surface area contributed by atoms with Crippen LogP contribution in [0.25, 0.3) is 10.9 Å². The normalized spacial score (nSPS) is 15.8. The SMILES string of the molecule is CN(c1ccc2ccc(O)cc2n1)C1CCC1. The lowest BCUT2D eigenvalue weighted by Crippen LogP contribution is -2.37. The van der Waals surface area contributed by atoms with E-state index in [-0.39, 0.29) is 5.75 Å². The van der Waals surface area contributed by atoms with Crippen molar-refractivity contribution in [2.75, 3.05) is 11.9 Å². The molecule has 0 radical (unpaired) electrons. The van der Waals surface area contributed by atoms with Crippen LogP contribution < -0.4 is 4.90 Å². The lowest BCUT2D eigenvalue weighted by atomic mass is 9.92. The first kappa shape index (κ1) is 10.4. The molecule has 0 atom stereocenters. The highest BCUT2D eigenvalue weighted by molar-refractivity contribution is 5.81. The first-order valence-corrected chi connectivity index (χ1v) is 6.07. The highest BCUT2D eigenvalue weighted by atomic mass is 16.3. The van der Waals surface area contributed by atoms with Crippen molar-refractivity contribution in [3.8, 4) is 5.75 Å². The summed E-state index contributed by atoms with van der Waals surface area (Å²) < 4.78 is 0. The average molecular weight is 228 g/mol. The molecule has 0 saturated heterocycles. The Kier molecular flexibility index (Phi) is 2.39. The topological polar surface area (TPSA) is 36.4 Å². The summed E-state index contributed by atoms with van der Waals surface area (Å²) in [6.07, 6.45) is 3.84. The predicted molar refractivity (Wildman–Crippen MR) is 69.4 cm³/mol. The van der Waals surface area contributed by atoms with Crippen LogP contribution in [0.4, 0.5) is 5.82 Å². The monoisotopic (exact) mass is 228 g/mol. The van der Waals surface area contributed by atoms with Gasteiger partial charge in [-0.3, -0.25) is 0 Å². The van der Waals surface area contributed by atoms with Gasteiger partial charge in [0.1, 0.15) is 11.6 Å². The second-order valence-electron chi connectivity index (χ2n) is 4.74. The van der Waals surface area contributed by atoms with Gasteiger partial charge in [-0.1, -0.05) is 0 Å². The Bertz CT molecular complexity index is 549. The summed E-state index contributed by atoms with van der Waals surface area (Å²) in [5.74, 6) is 1.27. The quantitative estimate of drug-likeness (QED) is 0.858. The van der Waals surface area contributed by atoms with E-state index in [2.05, 4.69) is 29.1 Å². The molecule has 1 aliphatic carbocycles. The largest absolute Gasteiger partial charge is 0.508 e. The van der Waals surface area contributed by atoms with E-state index < -0.39 is 0 Å². The molecule has 3 heteroatoms. The molecule has 1 heterocycles. The molecule has 1 fully saturated rings. The number of hydrogen-bond acceptors (Lipinski definition) is 3. The molecular weight excluding hydrogens is 212 g/mol. The zero-order chi connectivity index (χ0) is 11.8. The van der Waals surface area contributed by atoms with Crippen molar-refractivity contribution in [2.24, 2.45) is 0 Å². The molecule has 0 spiro atoms. The molecule has 0 amide bonds. The minimum absolute atomic E-state index is 0.272. The van der Waals surface area contributed by atoms with Crippen LogP contribution in [0.1, 0.15) is 19.3 Å². The fourth-order valence-electron chi connectivity index (χ4n) is 2.25. The van der Waals surface area contributed by atoms with Gasteiger partial charge in [-0.2, -0.15) is 0 Å². The van der Waals surface area contributed by atoms with E-state index >= 15 is 0 Å². The van der Waals surface area contributed by atoms with Gasteiger partial charge in [-0.15, -0.1) is 0 Å². The lowest BCUT2D eigenvalue weighted by molar-refractivity contribution is 0.399. The molecule has 1 aliphatic rings. The third-order valence-electron chi connectivity index (χ3n) is 3.64. The summed E-state index contributed by atoms with van der Waals surface area (Å²) in [4.78, 5) is 6.85. The number of benzene rings is 1. The maximum Gasteiger partial charge on any atom is 0.129 e. The number of rotatable bonds is 2. The Morgan fingerprint density at radius 2 is 2.00 bits per heavy atom.